The molecule has 0 atom stereocenters. The Bertz CT molecular complexity index is 710. The van der Waals surface area contributed by atoms with Gasteiger partial charge in [-0.25, -0.2) is 0 Å². The van der Waals surface area contributed by atoms with Crippen LogP contribution >= 0.6 is 0 Å². The number of methoxy groups -OCH3 is 1. The summed E-state index contributed by atoms with van der Waals surface area (Å²) in [5.41, 5.74) is 1.67. The zero-order chi connectivity index (χ0) is 16.1. The van der Waals surface area contributed by atoms with Crippen LogP contribution in [0.1, 0.15) is 22.8 Å². The smallest absolute Gasteiger partial charge is 0.228 e. The lowest BCUT2D eigenvalue weighted by Crippen LogP contribution is -2.15. The summed E-state index contributed by atoms with van der Waals surface area (Å²) >= 11 is 0. The first-order chi connectivity index (χ1) is 10.5. The molecule has 0 aliphatic carbocycles. The van der Waals surface area contributed by atoms with E-state index in [2.05, 4.69) is 5.32 Å². The van der Waals surface area contributed by atoms with Crippen LogP contribution < -0.4 is 10.1 Å². The molecule has 0 unspecified atom stereocenters. The predicted octanol–water partition coefficient (Wildman–Crippen LogP) is 2.78. The Morgan fingerprint density at radius 1 is 1.18 bits per heavy atom. The quantitative estimate of drug-likeness (QED) is 0.832. The van der Waals surface area contributed by atoms with E-state index in [1.807, 2.05) is 0 Å². The second-order valence-electron chi connectivity index (χ2n) is 4.86. The van der Waals surface area contributed by atoms with Crippen LogP contribution in [0.2, 0.25) is 0 Å². The lowest BCUT2D eigenvalue weighted by molar-refractivity contribution is -0.115. The minimum Gasteiger partial charge on any atom is -0.508 e. The van der Waals surface area contributed by atoms with Crippen molar-refractivity contribution in [2.75, 3.05) is 12.4 Å². The monoisotopic (exact) mass is 299 g/mol. The number of Topliss-reactive ketones (excluding diaryl/α,β-unsaturated/α-hetero) is 1. The Labute approximate surface area is 128 Å². The molecular weight excluding hydrogens is 282 g/mol. The number of benzene rings is 2. The topological polar surface area (TPSA) is 75.6 Å². The normalized spacial score (nSPS) is 10.1. The molecule has 5 nitrogen and oxygen atoms in total. The Morgan fingerprint density at radius 2 is 1.95 bits per heavy atom. The summed E-state index contributed by atoms with van der Waals surface area (Å²) in [7, 11) is 1.51. The van der Waals surface area contributed by atoms with Gasteiger partial charge >= 0.3 is 0 Å². The number of ketones is 1. The molecule has 5 heteroatoms. The summed E-state index contributed by atoms with van der Waals surface area (Å²) < 4.78 is 5.22. The van der Waals surface area contributed by atoms with Gasteiger partial charge in [-0.1, -0.05) is 6.07 Å². The van der Waals surface area contributed by atoms with Crippen LogP contribution in [-0.2, 0) is 11.2 Å². The number of phenols is 1. The van der Waals surface area contributed by atoms with Crippen LogP contribution in [0.15, 0.2) is 42.5 Å². The molecule has 2 rings (SSSR count). The molecule has 2 N–H and O–H groups in total. The van der Waals surface area contributed by atoms with Crippen molar-refractivity contribution in [3.63, 3.8) is 0 Å². The van der Waals surface area contributed by atoms with Gasteiger partial charge < -0.3 is 15.2 Å². The van der Waals surface area contributed by atoms with E-state index >= 15 is 0 Å². The van der Waals surface area contributed by atoms with Gasteiger partial charge in [-0.05, 0) is 37.3 Å². The zero-order valence-electron chi connectivity index (χ0n) is 12.4. The number of nitrogens with one attached hydrogen (secondary N) is 1. The number of hydrogen-bond acceptors (Lipinski definition) is 4. The Hall–Kier alpha value is -2.82. The maximum atomic E-state index is 12.1. The van der Waals surface area contributed by atoms with Crippen LogP contribution in [0.5, 0.6) is 11.5 Å². The first-order valence-electron chi connectivity index (χ1n) is 6.76. The Balaban J connectivity index is 2.16. The highest BCUT2D eigenvalue weighted by Crippen LogP contribution is 2.22. The SMILES string of the molecule is COc1ccc(C(C)=O)cc1CC(=O)Nc1cccc(O)c1. The van der Waals surface area contributed by atoms with E-state index in [1.54, 1.807) is 30.3 Å². The number of aromatic hydroxyl groups is 1. The van der Waals surface area contributed by atoms with Crippen LogP contribution in [0.3, 0.4) is 0 Å². The largest absolute Gasteiger partial charge is 0.508 e. The fourth-order valence-corrected chi connectivity index (χ4v) is 2.10. The predicted molar refractivity (Wildman–Crippen MR) is 83.4 cm³/mol. The molecule has 0 fully saturated rings. The number of carbonyl (C=O) groups is 2. The molecule has 0 aromatic heterocycles. The van der Waals surface area contributed by atoms with Crippen molar-refractivity contribution in [1.82, 2.24) is 0 Å². The molecule has 0 heterocycles. The number of carbonyl (C=O) groups excluding carboxylic acids is 2. The van der Waals surface area contributed by atoms with Gasteiger partial charge in [0.1, 0.15) is 11.5 Å². The van der Waals surface area contributed by atoms with Gasteiger partial charge in [-0.2, -0.15) is 0 Å². The lowest BCUT2D eigenvalue weighted by Gasteiger charge is -2.10. The first-order valence-corrected chi connectivity index (χ1v) is 6.76. The molecule has 2 aromatic rings. The van der Waals surface area contributed by atoms with Crippen molar-refractivity contribution in [2.24, 2.45) is 0 Å². The number of hydrogen-bond donors (Lipinski definition) is 2. The molecule has 22 heavy (non-hydrogen) atoms. The maximum Gasteiger partial charge on any atom is 0.228 e. The van der Waals surface area contributed by atoms with Gasteiger partial charge in [0.2, 0.25) is 5.91 Å². The van der Waals surface area contributed by atoms with Crippen molar-refractivity contribution in [3.8, 4) is 11.5 Å². The average Bonchev–Trinajstić information content (AvgIpc) is 2.47. The lowest BCUT2D eigenvalue weighted by atomic mass is 10.0. The molecule has 0 aliphatic rings. The Kier molecular flexibility index (Phi) is 4.78. The first kappa shape index (κ1) is 15.6. The van der Waals surface area contributed by atoms with E-state index in [4.69, 9.17) is 4.74 Å². The van der Waals surface area contributed by atoms with Gasteiger partial charge in [0.05, 0.1) is 13.5 Å². The van der Waals surface area contributed by atoms with Gasteiger partial charge in [0.15, 0.2) is 5.78 Å². The summed E-state index contributed by atoms with van der Waals surface area (Å²) in [4.78, 5) is 23.6. The standard InChI is InChI=1S/C17H17NO4/c1-11(19)12-6-7-16(22-2)13(8-12)9-17(21)18-14-4-3-5-15(20)10-14/h3-8,10,20H,9H2,1-2H3,(H,18,21). The Morgan fingerprint density at radius 3 is 2.59 bits per heavy atom. The molecule has 0 bridgehead atoms. The highest BCUT2D eigenvalue weighted by atomic mass is 16.5. The van der Waals surface area contributed by atoms with Gasteiger partial charge in [-0.15, -0.1) is 0 Å². The minimum absolute atomic E-state index is 0.0694. The minimum atomic E-state index is -0.260. The van der Waals surface area contributed by atoms with Crippen molar-refractivity contribution < 1.29 is 19.4 Å². The summed E-state index contributed by atoms with van der Waals surface area (Å²) in [6.45, 7) is 1.47. The fraction of sp³-hybridized carbons (Fsp3) is 0.176. The van der Waals surface area contributed by atoms with Gasteiger partial charge in [0, 0.05) is 22.9 Å². The van der Waals surface area contributed by atoms with E-state index in [-0.39, 0.29) is 23.9 Å². The van der Waals surface area contributed by atoms with Crippen molar-refractivity contribution in [3.05, 3.63) is 53.6 Å². The highest BCUT2D eigenvalue weighted by molar-refractivity contribution is 5.96. The van der Waals surface area contributed by atoms with E-state index in [0.717, 1.165) is 0 Å². The van der Waals surface area contributed by atoms with Crippen molar-refractivity contribution >= 4 is 17.4 Å². The molecule has 114 valence electrons. The van der Waals surface area contributed by atoms with Crippen LogP contribution in [0.25, 0.3) is 0 Å². The number of phenolic OH excluding ortho intramolecular Hbond substituents is 1. The molecular formula is C17H17NO4. The molecule has 0 spiro atoms. The maximum absolute atomic E-state index is 12.1. The molecule has 0 saturated carbocycles. The third kappa shape index (κ3) is 3.85. The number of anilines is 1. The average molecular weight is 299 g/mol. The van der Waals surface area contributed by atoms with E-state index in [1.165, 1.54) is 26.2 Å². The van der Waals surface area contributed by atoms with E-state index in [0.29, 0.717) is 22.6 Å². The molecule has 0 saturated heterocycles. The number of amides is 1. The number of ether oxygens (including phenoxy) is 1. The summed E-state index contributed by atoms with van der Waals surface area (Å²) in [5.74, 6) is 0.298. The van der Waals surface area contributed by atoms with Crippen molar-refractivity contribution in [2.45, 2.75) is 13.3 Å². The van der Waals surface area contributed by atoms with Crippen LogP contribution in [0, 0.1) is 0 Å². The summed E-state index contributed by atoms with van der Waals surface area (Å²) in [6, 6.07) is 11.3. The van der Waals surface area contributed by atoms with Gasteiger partial charge in [-0.3, -0.25) is 9.59 Å². The molecule has 1 amide bonds. The third-order valence-corrected chi connectivity index (χ3v) is 3.17. The van der Waals surface area contributed by atoms with E-state index in [9.17, 15) is 14.7 Å². The summed E-state index contributed by atoms with van der Waals surface area (Å²) in [5, 5.41) is 12.1. The fourth-order valence-electron chi connectivity index (χ4n) is 2.10. The van der Waals surface area contributed by atoms with Gasteiger partial charge in [0.25, 0.3) is 0 Å². The zero-order valence-corrected chi connectivity index (χ0v) is 12.4. The molecule has 0 radical (unpaired) electrons. The van der Waals surface area contributed by atoms with E-state index < -0.39 is 0 Å². The van der Waals surface area contributed by atoms with Crippen molar-refractivity contribution in [1.29, 1.82) is 0 Å². The van der Waals surface area contributed by atoms with Crippen LogP contribution in [-0.4, -0.2) is 23.9 Å². The van der Waals surface area contributed by atoms with Crippen LogP contribution in [0.4, 0.5) is 5.69 Å². The third-order valence-electron chi connectivity index (χ3n) is 3.17. The molecule has 0 aliphatic heterocycles. The second-order valence-corrected chi connectivity index (χ2v) is 4.86. The summed E-state index contributed by atoms with van der Waals surface area (Å²) in [6.07, 6.45) is 0.0694. The molecule has 2 aromatic carbocycles. The second kappa shape index (κ2) is 6.76. The number of rotatable bonds is 5. The highest BCUT2D eigenvalue weighted by Gasteiger charge is 2.12.